The highest BCUT2D eigenvalue weighted by atomic mass is 35.5. The van der Waals surface area contributed by atoms with Crippen molar-refractivity contribution in [2.24, 2.45) is 0 Å². The van der Waals surface area contributed by atoms with E-state index in [1.807, 2.05) is 35.0 Å². The Morgan fingerprint density at radius 2 is 1.85 bits per heavy atom. The van der Waals surface area contributed by atoms with Crippen molar-refractivity contribution in [1.82, 2.24) is 29.5 Å². The number of pyridine rings is 2. The van der Waals surface area contributed by atoms with Gasteiger partial charge in [0, 0.05) is 30.2 Å². The first-order chi connectivity index (χ1) is 13.1. The number of nitrogens with one attached hydrogen (secondary N) is 1. The molecule has 0 spiro atoms. The first kappa shape index (κ1) is 17.4. The second-order valence-electron chi connectivity index (χ2n) is 6.39. The monoisotopic (exact) mass is 379 g/mol. The predicted octanol–water partition coefficient (Wildman–Crippen LogP) is 4.13. The number of hydrogen-bond donors (Lipinski definition) is 1. The Bertz CT molecular complexity index is 1060. The average molecular weight is 380 g/mol. The molecule has 0 fully saturated rings. The molecule has 0 aliphatic heterocycles. The van der Waals surface area contributed by atoms with Crippen LogP contribution < -0.4 is 5.32 Å². The number of anilines is 1. The van der Waals surface area contributed by atoms with E-state index in [0.717, 1.165) is 16.8 Å². The predicted molar refractivity (Wildman–Crippen MR) is 106 cm³/mol. The van der Waals surface area contributed by atoms with E-state index in [-0.39, 0.29) is 11.3 Å². The van der Waals surface area contributed by atoms with Crippen molar-refractivity contribution < 1.29 is 0 Å². The van der Waals surface area contributed by atoms with Gasteiger partial charge in [0.05, 0.1) is 18.6 Å². The smallest absolute Gasteiger partial charge is 0.226 e. The molecule has 4 aromatic heterocycles. The van der Waals surface area contributed by atoms with Crippen molar-refractivity contribution in [3.8, 4) is 11.1 Å². The maximum Gasteiger partial charge on any atom is 0.226 e. The Labute approximate surface area is 161 Å². The molecule has 0 aliphatic rings. The van der Waals surface area contributed by atoms with Gasteiger partial charge in [-0.1, -0.05) is 6.07 Å². The van der Waals surface area contributed by atoms with Gasteiger partial charge in [-0.2, -0.15) is 9.97 Å². The SMILES string of the molecule is CC(C)n1cnc2c(NCc3ccc(-c4ccncc4)cn3)nc(Cl)nc21. The van der Waals surface area contributed by atoms with E-state index in [1.165, 1.54) is 0 Å². The molecular formula is C19H18ClN7. The molecule has 0 saturated heterocycles. The minimum absolute atomic E-state index is 0.188. The molecule has 8 heteroatoms. The molecule has 0 bridgehead atoms. The van der Waals surface area contributed by atoms with Crippen molar-refractivity contribution in [3.63, 3.8) is 0 Å². The molecule has 0 aliphatic carbocycles. The zero-order valence-corrected chi connectivity index (χ0v) is 15.7. The summed E-state index contributed by atoms with van der Waals surface area (Å²) in [5.74, 6) is 0.601. The Morgan fingerprint density at radius 1 is 1.04 bits per heavy atom. The molecule has 0 amide bonds. The van der Waals surface area contributed by atoms with Gasteiger partial charge in [-0.25, -0.2) is 4.98 Å². The molecule has 0 atom stereocenters. The van der Waals surface area contributed by atoms with Crippen molar-refractivity contribution >= 4 is 28.6 Å². The normalized spacial score (nSPS) is 11.3. The van der Waals surface area contributed by atoms with Crippen LogP contribution in [0, 0.1) is 0 Å². The van der Waals surface area contributed by atoms with Crippen LogP contribution in [0.1, 0.15) is 25.6 Å². The van der Waals surface area contributed by atoms with Crippen LogP contribution >= 0.6 is 11.6 Å². The Morgan fingerprint density at radius 3 is 2.56 bits per heavy atom. The van der Waals surface area contributed by atoms with Gasteiger partial charge in [0.15, 0.2) is 17.0 Å². The minimum atomic E-state index is 0.188. The Balaban J connectivity index is 1.55. The van der Waals surface area contributed by atoms with Crippen molar-refractivity contribution in [2.45, 2.75) is 26.4 Å². The molecule has 0 unspecified atom stereocenters. The average Bonchev–Trinajstić information content (AvgIpc) is 3.11. The molecule has 0 aromatic carbocycles. The van der Waals surface area contributed by atoms with E-state index in [1.54, 1.807) is 18.7 Å². The molecule has 1 N–H and O–H groups in total. The molecule has 4 rings (SSSR count). The molecule has 136 valence electrons. The van der Waals surface area contributed by atoms with Gasteiger partial charge in [0.2, 0.25) is 5.28 Å². The van der Waals surface area contributed by atoms with Crippen LogP contribution in [0.5, 0.6) is 0 Å². The summed E-state index contributed by atoms with van der Waals surface area (Å²) in [6.07, 6.45) is 7.14. The number of hydrogen-bond acceptors (Lipinski definition) is 6. The van der Waals surface area contributed by atoms with Gasteiger partial charge < -0.3 is 9.88 Å². The highest BCUT2D eigenvalue weighted by Crippen LogP contribution is 2.24. The summed E-state index contributed by atoms with van der Waals surface area (Å²) in [7, 11) is 0. The standard InChI is InChI=1S/C19H18ClN7/c1-12(2)27-11-24-16-17(25-19(20)26-18(16)27)23-10-15-4-3-14(9-22-15)13-5-7-21-8-6-13/h3-9,11-12H,10H2,1-2H3,(H,23,25,26). The summed E-state index contributed by atoms with van der Waals surface area (Å²) in [5.41, 5.74) is 4.43. The molecule has 0 radical (unpaired) electrons. The number of aromatic nitrogens is 6. The summed E-state index contributed by atoms with van der Waals surface area (Å²) in [6.45, 7) is 4.64. The molecule has 4 heterocycles. The number of imidazole rings is 1. The van der Waals surface area contributed by atoms with Crippen LogP contribution in [0.25, 0.3) is 22.3 Å². The summed E-state index contributed by atoms with van der Waals surface area (Å²) in [5, 5.41) is 3.46. The van der Waals surface area contributed by atoms with Gasteiger partial charge in [-0.3, -0.25) is 9.97 Å². The summed E-state index contributed by atoms with van der Waals surface area (Å²) < 4.78 is 1.97. The van der Waals surface area contributed by atoms with Crippen LogP contribution in [0.15, 0.2) is 49.2 Å². The van der Waals surface area contributed by atoms with Crippen LogP contribution in [0.2, 0.25) is 5.28 Å². The second-order valence-corrected chi connectivity index (χ2v) is 6.72. The quantitative estimate of drug-likeness (QED) is 0.525. The molecule has 0 saturated carbocycles. The van der Waals surface area contributed by atoms with Gasteiger partial charge in [0.1, 0.15) is 0 Å². The number of halogens is 1. The summed E-state index contributed by atoms with van der Waals surface area (Å²) in [6, 6.07) is 8.17. The van der Waals surface area contributed by atoms with Crippen molar-refractivity contribution in [1.29, 1.82) is 0 Å². The van der Waals surface area contributed by atoms with Gasteiger partial charge in [-0.15, -0.1) is 0 Å². The second kappa shape index (κ2) is 7.28. The van der Waals surface area contributed by atoms with E-state index in [0.29, 0.717) is 23.5 Å². The lowest BCUT2D eigenvalue weighted by Crippen LogP contribution is -2.06. The third-order valence-corrected chi connectivity index (χ3v) is 4.39. The lowest BCUT2D eigenvalue weighted by Gasteiger charge is -2.09. The fourth-order valence-corrected chi connectivity index (χ4v) is 2.97. The van der Waals surface area contributed by atoms with Crippen LogP contribution in [0.4, 0.5) is 5.82 Å². The first-order valence-electron chi connectivity index (χ1n) is 8.61. The lowest BCUT2D eigenvalue weighted by molar-refractivity contribution is 0.612. The van der Waals surface area contributed by atoms with Gasteiger partial charge >= 0.3 is 0 Å². The fraction of sp³-hybridized carbons (Fsp3) is 0.211. The summed E-state index contributed by atoms with van der Waals surface area (Å²) >= 11 is 6.10. The first-order valence-corrected chi connectivity index (χ1v) is 8.99. The zero-order chi connectivity index (χ0) is 18.8. The number of nitrogens with zero attached hydrogens (tertiary/aromatic N) is 6. The largest absolute Gasteiger partial charge is 0.362 e. The third kappa shape index (κ3) is 3.59. The fourth-order valence-electron chi connectivity index (χ4n) is 2.81. The van der Waals surface area contributed by atoms with Crippen LogP contribution in [0.3, 0.4) is 0 Å². The van der Waals surface area contributed by atoms with E-state index in [9.17, 15) is 0 Å². The van der Waals surface area contributed by atoms with Crippen LogP contribution in [-0.4, -0.2) is 29.5 Å². The number of fused-ring (bicyclic) bond motifs is 1. The van der Waals surface area contributed by atoms with E-state index in [2.05, 4.69) is 44.1 Å². The van der Waals surface area contributed by atoms with E-state index >= 15 is 0 Å². The van der Waals surface area contributed by atoms with Gasteiger partial charge in [0.25, 0.3) is 0 Å². The van der Waals surface area contributed by atoms with Crippen molar-refractivity contribution in [3.05, 3.63) is 60.2 Å². The van der Waals surface area contributed by atoms with Gasteiger partial charge in [-0.05, 0) is 49.2 Å². The Kier molecular flexibility index (Phi) is 4.68. The summed E-state index contributed by atoms with van der Waals surface area (Å²) in [4.78, 5) is 21.6. The molecule has 4 aromatic rings. The molecule has 7 nitrogen and oxygen atoms in total. The topological polar surface area (TPSA) is 81.4 Å². The Hall–Kier alpha value is -3.06. The van der Waals surface area contributed by atoms with E-state index < -0.39 is 0 Å². The molecular weight excluding hydrogens is 362 g/mol. The maximum atomic E-state index is 6.10. The van der Waals surface area contributed by atoms with Crippen LogP contribution in [-0.2, 0) is 6.54 Å². The highest BCUT2D eigenvalue weighted by molar-refractivity contribution is 6.28. The van der Waals surface area contributed by atoms with E-state index in [4.69, 9.17) is 11.6 Å². The van der Waals surface area contributed by atoms with Crippen molar-refractivity contribution in [2.75, 3.05) is 5.32 Å². The number of rotatable bonds is 5. The lowest BCUT2D eigenvalue weighted by atomic mass is 10.1. The minimum Gasteiger partial charge on any atom is -0.362 e. The zero-order valence-electron chi connectivity index (χ0n) is 15.0. The highest BCUT2D eigenvalue weighted by Gasteiger charge is 2.14. The maximum absolute atomic E-state index is 6.10. The molecule has 27 heavy (non-hydrogen) atoms. The third-order valence-electron chi connectivity index (χ3n) is 4.23.